The summed E-state index contributed by atoms with van der Waals surface area (Å²) in [6.07, 6.45) is 3.31. The monoisotopic (exact) mass is 204 g/mol. The molecule has 2 aromatic heterocycles. The minimum Gasteiger partial charge on any atom is -0.342 e. The second-order valence-electron chi connectivity index (χ2n) is 3.61. The molecule has 0 aliphatic rings. The van der Waals surface area contributed by atoms with Crippen molar-refractivity contribution in [2.75, 3.05) is 0 Å². The highest BCUT2D eigenvalue weighted by molar-refractivity contribution is 5.42. The molecule has 2 rings (SSSR count). The number of nitrogens with one attached hydrogen (secondary N) is 2. The zero-order chi connectivity index (χ0) is 10.8. The van der Waals surface area contributed by atoms with E-state index >= 15 is 0 Å². The average Bonchev–Trinajstić information content (AvgIpc) is 2.69. The third-order valence-electron chi connectivity index (χ3n) is 2.08. The van der Waals surface area contributed by atoms with Crippen LogP contribution in [0.15, 0.2) is 23.3 Å². The predicted molar refractivity (Wildman–Crippen MR) is 56.5 cm³/mol. The molecule has 0 bridgehead atoms. The maximum absolute atomic E-state index is 11.4. The fraction of sp³-hybridized carbons (Fsp3) is 0.300. The van der Waals surface area contributed by atoms with Gasteiger partial charge in [0.25, 0.3) is 5.56 Å². The van der Waals surface area contributed by atoms with Crippen molar-refractivity contribution >= 4 is 0 Å². The topological polar surface area (TPSA) is 74.4 Å². The summed E-state index contributed by atoms with van der Waals surface area (Å²) in [5.41, 5.74) is 0.616. The van der Waals surface area contributed by atoms with Crippen molar-refractivity contribution in [2.45, 2.75) is 19.8 Å². The van der Waals surface area contributed by atoms with Crippen molar-refractivity contribution < 1.29 is 0 Å². The fourth-order valence-corrected chi connectivity index (χ4v) is 1.28. The molecule has 15 heavy (non-hydrogen) atoms. The second-order valence-corrected chi connectivity index (χ2v) is 3.61. The molecule has 0 fully saturated rings. The number of imidazole rings is 1. The van der Waals surface area contributed by atoms with E-state index < -0.39 is 0 Å². The van der Waals surface area contributed by atoms with E-state index in [9.17, 15) is 4.79 Å². The Balaban J connectivity index is 2.54. The highest BCUT2D eigenvalue weighted by Gasteiger charge is 2.07. The zero-order valence-electron chi connectivity index (χ0n) is 8.61. The maximum atomic E-state index is 11.4. The minimum atomic E-state index is -0.153. The summed E-state index contributed by atoms with van der Waals surface area (Å²) in [4.78, 5) is 25.3. The molecule has 0 aliphatic carbocycles. The van der Waals surface area contributed by atoms with Gasteiger partial charge in [0, 0.05) is 18.5 Å². The lowest BCUT2D eigenvalue weighted by molar-refractivity contribution is 0.810. The van der Waals surface area contributed by atoms with Crippen LogP contribution >= 0.6 is 0 Å². The molecule has 0 aliphatic heterocycles. The van der Waals surface area contributed by atoms with Crippen molar-refractivity contribution in [3.63, 3.8) is 0 Å². The Morgan fingerprint density at radius 2 is 2.13 bits per heavy atom. The first-order valence-electron chi connectivity index (χ1n) is 4.78. The van der Waals surface area contributed by atoms with Gasteiger partial charge in [-0.15, -0.1) is 0 Å². The van der Waals surface area contributed by atoms with Gasteiger partial charge in [-0.05, 0) is 5.92 Å². The van der Waals surface area contributed by atoms with Gasteiger partial charge in [-0.3, -0.25) is 4.79 Å². The molecule has 5 nitrogen and oxygen atoms in total. The molecule has 78 valence electrons. The summed E-state index contributed by atoms with van der Waals surface area (Å²) in [7, 11) is 0. The number of hydrogen-bond acceptors (Lipinski definition) is 3. The molecule has 0 unspecified atom stereocenters. The number of aromatic amines is 2. The third kappa shape index (κ3) is 1.96. The lowest BCUT2D eigenvalue weighted by Gasteiger charge is -2.04. The van der Waals surface area contributed by atoms with Crippen LogP contribution in [0, 0.1) is 0 Å². The maximum Gasteiger partial charge on any atom is 0.251 e. The molecule has 0 saturated heterocycles. The van der Waals surface area contributed by atoms with E-state index in [1.165, 1.54) is 6.07 Å². The van der Waals surface area contributed by atoms with Gasteiger partial charge < -0.3 is 9.97 Å². The van der Waals surface area contributed by atoms with Gasteiger partial charge in [-0.2, -0.15) is 0 Å². The Hall–Kier alpha value is -1.91. The van der Waals surface area contributed by atoms with Gasteiger partial charge in [0.1, 0.15) is 0 Å². The minimum absolute atomic E-state index is 0.153. The van der Waals surface area contributed by atoms with E-state index in [2.05, 4.69) is 19.9 Å². The first-order chi connectivity index (χ1) is 7.16. The fourth-order valence-electron chi connectivity index (χ4n) is 1.28. The highest BCUT2D eigenvalue weighted by atomic mass is 16.1. The summed E-state index contributed by atoms with van der Waals surface area (Å²) < 4.78 is 0. The van der Waals surface area contributed by atoms with Gasteiger partial charge >= 0.3 is 0 Å². The Labute approximate surface area is 86.6 Å². The molecule has 0 amide bonds. The number of nitrogens with zero attached hydrogens (tertiary/aromatic N) is 2. The van der Waals surface area contributed by atoms with Crippen molar-refractivity contribution in [3.8, 4) is 11.6 Å². The van der Waals surface area contributed by atoms with Crippen LogP contribution in [0.5, 0.6) is 0 Å². The van der Waals surface area contributed by atoms with Crippen LogP contribution in [0.1, 0.15) is 25.5 Å². The molecule has 0 saturated carbocycles. The molecule has 5 heteroatoms. The molecule has 0 radical (unpaired) electrons. The molecule has 0 aromatic carbocycles. The van der Waals surface area contributed by atoms with E-state index in [1.807, 2.05) is 13.8 Å². The second kappa shape index (κ2) is 3.68. The van der Waals surface area contributed by atoms with E-state index in [4.69, 9.17) is 0 Å². The van der Waals surface area contributed by atoms with Gasteiger partial charge in [-0.25, -0.2) is 9.97 Å². The summed E-state index contributed by atoms with van der Waals surface area (Å²) in [6.45, 7) is 3.99. The Morgan fingerprint density at radius 3 is 2.73 bits per heavy atom. The summed E-state index contributed by atoms with van der Waals surface area (Å²) in [5.74, 6) is 1.28. The summed E-state index contributed by atoms with van der Waals surface area (Å²) >= 11 is 0. The van der Waals surface area contributed by atoms with Crippen molar-refractivity contribution in [1.82, 2.24) is 19.9 Å². The van der Waals surface area contributed by atoms with Crippen molar-refractivity contribution in [3.05, 3.63) is 34.5 Å². The molecular formula is C10H12N4O. The van der Waals surface area contributed by atoms with E-state index in [-0.39, 0.29) is 11.5 Å². The van der Waals surface area contributed by atoms with E-state index in [1.54, 1.807) is 12.4 Å². The van der Waals surface area contributed by atoms with Crippen LogP contribution in [0.25, 0.3) is 11.6 Å². The third-order valence-corrected chi connectivity index (χ3v) is 2.08. The molecule has 2 heterocycles. The highest BCUT2D eigenvalue weighted by Crippen LogP contribution is 2.12. The quantitative estimate of drug-likeness (QED) is 0.773. The van der Waals surface area contributed by atoms with Gasteiger partial charge in [-0.1, -0.05) is 13.8 Å². The van der Waals surface area contributed by atoms with Crippen LogP contribution in [-0.4, -0.2) is 19.9 Å². The number of aromatic nitrogens is 4. The Bertz CT molecular complexity index is 498. The first kappa shape index (κ1) is 9.64. The number of hydrogen-bond donors (Lipinski definition) is 2. The molecule has 2 N–H and O–H groups in total. The van der Waals surface area contributed by atoms with E-state index in [0.29, 0.717) is 11.6 Å². The predicted octanol–water partition coefficient (Wildman–Crippen LogP) is 1.28. The van der Waals surface area contributed by atoms with Crippen molar-refractivity contribution in [1.29, 1.82) is 0 Å². The number of H-pyrrole nitrogens is 2. The largest absolute Gasteiger partial charge is 0.342 e. The van der Waals surface area contributed by atoms with Gasteiger partial charge in [0.2, 0.25) is 0 Å². The normalized spacial score (nSPS) is 10.9. The van der Waals surface area contributed by atoms with Crippen LogP contribution in [-0.2, 0) is 0 Å². The van der Waals surface area contributed by atoms with Crippen LogP contribution in [0.3, 0.4) is 0 Å². The lowest BCUT2D eigenvalue weighted by Crippen LogP contribution is -2.11. The van der Waals surface area contributed by atoms with Crippen LogP contribution in [0.4, 0.5) is 0 Å². The summed E-state index contributed by atoms with van der Waals surface area (Å²) in [5, 5.41) is 0. The standard InChI is InChI=1S/C10H12N4O/c1-6(2)7-5-8(15)14-10(13-7)9-11-3-4-12-9/h3-6H,1-2H3,(H,11,12)(H,13,14,15). The van der Waals surface area contributed by atoms with Gasteiger partial charge in [0.05, 0.1) is 5.69 Å². The van der Waals surface area contributed by atoms with Crippen LogP contribution < -0.4 is 5.56 Å². The average molecular weight is 204 g/mol. The summed E-state index contributed by atoms with van der Waals surface area (Å²) in [6, 6.07) is 1.51. The number of rotatable bonds is 2. The van der Waals surface area contributed by atoms with E-state index in [0.717, 1.165) is 5.69 Å². The van der Waals surface area contributed by atoms with Crippen molar-refractivity contribution in [2.24, 2.45) is 0 Å². The molecule has 2 aromatic rings. The SMILES string of the molecule is CC(C)c1cc(=O)[nH]c(-c2ncc[nH]2)n1. The molecular weight excluding hydrogens is 192 g/mol. The Morgan fingerprint density at radius 1 is 1.33 bits per heavy atom. The molecule has 0 spiro atoms. The van der Waals surface area contributed by atoms with Gasteiger partial charge in [0.15, 0.2) is 11.6 Å². The smallest absolute Gasteiger partial charge is 0.251 e. The first-order valence-corrected chi connectivity index (χ1v) is 4.78. The Kier molecular flexibility index (Phi) is 2.37. The van der Waals surface area contributed by atoms with Crippen LogP contribution in [0.2, 0.25) is 0 Å². The lowest BCUT2D eigenvalue weighted by atomic mass is 10.1. The zero-order valence-corrected chi connectivity index (χ0v) is 8.61. The molecule has 0 atom stereocenters.